The molecule has 1 aliphatic heterocycles. The summed E-state index contributed by atoms with van der Waals surface area (Å²) in [7, 11) is -6.75. The molecule has 1 aliphatic rings. The van der Waals surface area contributed by atoms with E-state index in [0.29, 0.717) is 17.1 Å². The lowest BCUT2D eigenvalue weighted by molar-refractivity contribution is 0.253. The minimum Gasteiger partial charge on any atom is -0.369 e. The van der Waals surface area contributed by atoms with Crippen molar-refractivity contribution in [3.8, 4) is 0 Å². The van der Waals surface area contributed by atoms with Crippen LogP contribution in [0, 0.1) is 0 Å². The van der Waals surface area contributed by atoms with Crippen LogP contribution in [0.3, 0.4) is 0 Å². The fraction of sp³-hybridized carbons (Fsp3) is 0.500. The predicted octanol–water partition coefficient (Wildman–Crippen LogP) is 2.89. The van der Waals surface area contributed by atoms with Gasteiger partial charge in [0.25, 0.3) is 0 Å². The normalized spacial score (nSPS) is 15.4. The van der Waals surface area contributed by atoms with E-state index in [1.165, 1.54) is 0 Å². The van der Waals surface area contributed by atoms with Crippen molar-refractivity contribution >= 4 is 31.4 Å². The molecule has 0 aromatic heterocycles. The van der Waals surface area contributed by atoms with E-state index in [1.807, 2.05) is 37.3 Å². The third-order valence-corrected chi connectivity index (χ3v) is 8.86. The standard InChI is InChI=1S/C24H36N4O4S2/c1-3-21-10-12-24(13-11-21)34(31,32)25-14-5-6-15-27-16-18-28(19-17-27)23-9-7-8-22(20-23)26-33(29,30)4-2/h7-13,20,25-26H,3-6,14-19H2,1-2H3. The highest BCUT2D eigenvalue weighted by atomic mass is 32.2. The lowest BCUT2D eigenvalue weighted by Gasteiger charge is -2.36. The highest BCUT2D eigenvalue weighted by Crippen LogP contribution is 2.22. The summed E-state index contributed by atoms with van der Waals surface area (Å²) < 4.78 is 53.8. The van der Waals surface area contributed by atoms with Gasteiger partial charge in [0.2, 0.25) is 20.0 Å². The number of nitrogens with one attached hydrogen (secondary N) is 2. The summed E-state index contributed by atoms with van der Waals surface area (Å²) in [4.78, 5) is 4.96. The Bertz CT molecular complexity index is 1130. The van der Waals surface area contributed by atoms with Crippen molar-refractivity contribution in [1.82, 2.24) is 9.62 Å². The van der Waals surface area contributed by atoms with Gasteiger partial charge in [0.05, 0.1) is 16.3 Å². The fourth-order valence-electron chi connectivity index (χ4n) is 3.90. The van der Waals surface area contributed by atoms with E-state index >= 15 is 0 Å². The molecule has 0 atom stereocenters. The molecule has 1 heterocycles. The first-order valence-corrected chi connectivity index (χ1v) is 15.0. The molecule has 1 fully saturated rings. The molecule has 0 unspecified atom stereocenters. The van der Waals surface area contributed by atoms with Crippen LogP contribution in [0.2, 0.25) is 0 Å². The van der Waals surface area contributed by atoms with Gasteiger partial charge in [0.1, 0.15) is 0 Å². The summed E-state index contributed by atoms with van der Waals surface area (Å²) in [5.74, 6) is 0.0450. The van der Waals surface area contributed by atoms with E-state index in [9.17, 15) is 16.8 Å². The Balaban J connectivity index is 1.38. The molecule has 0 aliphatic carbocycles. The zero-order valence-corrected chi connectivity index (χ0v) is 21.7. The Morgan fingerprint density at radius 3 is 2.24 bits per heavy atom. The lowest BCUT2D eigenvalue weighted by atomic mass is 10.2. The molecule has 34 heavy (non-hydrogen) atoms. The average molecular weight is 509 g/mol. The number of hydrogen-bond donors (Lipinski definition) is 2. The first-order valence-electron chi connectivity index (χ1n) is 11.9. The fourth-order valence-corrected chi connectivity index (χ4v) is 5.61. The lowest BCUT2D eigenvalue weighted by Crippen LogP contribution is -2.46. The van der Waals surface area contributed by atoms with Gasteiger partial charge in [-0.2, -0.15) is 0 Å². The molecule has 0 radical (unpaired) electrons. The Morgan fingerprint density at radius 2 is 1.59 bits per heavy atom. The first kappa shape index (κ1) is 26.5. The van der Waals surface area contributed by atoms with Crippen LogP contribution in [0.25, 0.3) is 0 Å². The summed E-state index contributed by atoms with van der Waals surface area (Å²) in [5, 5.41) is 0. The molecule has 3 rings (SSSR count). The summed E-state index contributed by atoms with van der Waals surface area (Å²) in [5.41, 5.74) is 2.72. The molecular formula is C24H36N4O4S2. The van der Waals surface area contributed by atoms with Gasteiger partial charge >= 0.3 is 0 Å². The molecular weight excluding hydrogens is 472 g/mol. The molecule has 1 saturated heterocycles. The number of aryl methyl sites for hydroxylation is 1. The minimum absolute atomic E-state index is 0.0450. The molecule has 0 spiro atoms. The highest BCUT2D eigenvalue weighted by molar-refractivity contribution is 7.92. The Morgan fingerprint density at radius 1 is 0.882 bits per heavy atom. The molecule has 8 nitrogen and oxygen atoms in total. The third-order valence-electron chi connectivity index (χ3n) is 6.07. The van der Waals surface area contributed by atoms with E-state index in [2.05, 4.69) is 19.2 Å². The van der Waals surface area contributed by atoms with Crippen molar-refractivity contribution in [3.05, 3.63) is 54.1 Å². The number of nitrogens with zero attached hydrogens (tertiary/aromatic N) is 2. The van der Waals surface area contributed by atoms with Gasteiger partial charge in [-0.15, -0.1) is 0 Å². The second-order valence-corrected chi connectivity index (χ2v) is 12.3. The quantitative estimate of drug-likeness (QED) is 0.428. The van der Waals surface area contributed by atoms with Crippen LogP contribution in [0.1, 0.15) is 32.3 Å². The van der Waals surface area contributed by atoms with Gasteiger partial charge in [-0.1, -0.05) is 25.1 Å². The van der Waals surface area contributed by atoms with Gasteiger partial charge < -0.3 is 4.90 Å². The van der Waals surface area contributed by atoms with Crippen LogP contribution < -0.4 is 14.3 Å². The van der Waals surface area contributed by atoms with Crippen LogP contribution in [-0.2, 0) is 26.5 Å². The maximum absolute atomic E-state index is 12.4. The predicted molar refractivity (Wildman–Crippen MR) is 138 cm³/mol. The van der Waals surface area contributed by atoms with E-state index in [0.717, 1.165) is 63.2 Å². The zero-order chi connectivity index (χ0) is 24.6. The van der Waals surface area contributed by atoms with E-state index in [1.54, 1.807) is 25.1 Å². The molecule has 0 bridgehead atoms. The summed E-state index contributed by atoms with van der Waals surface area (Å²) in [6, 6.07) is 14.5. The van der Waals surface area contributed by atoms with E-state index in [-0.39, 0.29) is 5.75 Å². The maximum atomic E-state index is 12.4. The second kappa shape index (κ2) is 12.0. The molecule has 188 valence electrons. The number of hydrogen-bond acceptors (Lipinski definition) is 6. The van der Waals surface area contributed by atoms with Crippen LogP contribution in [0.5, 0.6) is 0 Å². The number of sulfonamides is 2. The third kappa shape index (κ3) is 7.69. The largest absolute Gasteiger partial charge is 0.369 e. The summed E-state index contributed by atoms with van der Waals surface area (Å²) in [6.45, 7) is 8.58. The van der Waals surface area contributed by atoms with Crippen molar-refractivity contribution in [2.75, 3.05) is 54.6 Å². The van der Waals surface area contributed by atoms with Crippen LogP contribution in [0.15, 0.2) is 53.4 Å². The van der Waals surface area contributed by atoms with Crippen LogP contribution >= 0.6 is 0 Å². The van der Waals surface area contributed by atoms with Gasteiger partial charge in [0, 0.05) is 38.4 Å². The molecule has 2 aromatic carbocycles. The van der Waals surface area contributed by atoms with Crippen molar-refractivity contribution in [3.63, 3.8) is 0 Å². The van der Waals surface area contributed by atoms with Gasteiger partial charge in [-0.25, -0.2) is 21.6 Å². The Labute approximate surface area is 204 Å². The van der Waals surface area contributed by atoms with Crippen molar-refractivity contribution in [2.45, 2.75) is 38.0 Å². The number of anilines is 2. The zero-order valence-electron chi connectivity index (χ0n) is 20.0. The Hall–Kier alpha value is -2.14. The number of rotatable bonds is 12. The molecule has 10 heteroatoms. The molecule has 0 saturated carbocycles. The average Bonchev–Trinajstić information content (AvgIpc) is 2.84. The molecule has 2 N–H and O–H groups in total. The second-order valence-electron chi connectivity index (χ2n) is 8.49. The van der Waals surface area contributed by atoms with Gasteiger partial charge in [0.15, 0.2) is 0 Å². The van der Waals surface area contributed by atoms with E-state index in [4.69, 9.17) is 0 Å². The maximum Gasteiger partial charge on any atom is 0.240 e. The van der Waals surface area contributed by atoms with Gasteiger partial charge in [-0.05, 0) is 68.6 Å². The minimum atomic E-state index is -3.46. The Kier molecular flexibility index (Phi) is 9.35. The van der Waals surface area contributed by atoms with Crippen molar-refractivity contribution in [1.29, 1.82) is 0 Å². The first-order chi connectivity index (χ1) is 16.2. The smallest absolute Gasteiger partial charge is 0.240 e. The van der Waals surface area contributed by atoms with Gasteiger partial charge in [-0.3, -0.25) is 9.62 Å². The monoisotopic (exact) mass is 508 g/mol. The topological polar surface area (TPSA) is 98.8 Å². The summed E-state index contributed by atoms with van der Waals surface area (Å²) >= 11 is 0. The van der Waals surface area contributed by atoms with Crippen molar-refractivity contribution < 1.29 is 16.8 Å². The van der Waals surface area contributed by atoms with Crippen LogP contribution in [0.4, 0.5) is 11.4 Å². The summed E-state index contributed by atoms with van der Waals surface area (Å²) in [6.07, 6.45) is 2.59. The number of piperazine rings is 1. The number of benzene rings is 2. The number of unbranched alkanes of at least 4 members (excludes halogenated alkanes) is 1. The molecule has 2 aromatic rings. The highest BCUT2D eigenvalue weighted by Gasteiger charge is 2.18. The SMILES string of the molecule is CCc1ccc(S(=O)(=O)NCCCCN2CCN(c3cccc(NS(=O)(=O)CC)c3)CC2)cc1. The van der Waals surface area contributed by atoms with Crippen molar-refractivity contribution in [2.24, 2.45) is 0 Å². The van der Waals surface area contributed by atoms with E-state index < -0.39 is 20.0 Å². The molecule has 0 amide bonds. The van der Waals surface area contributed by atoms with Crippen LogP contribution in [-0.4, -0.2) is 66.8 Å².